The van der Waals surface area contributed by atoms with Crippen molar-refractivity contribution in [1.29, 1.82) is 0 Å². The van der Waals surface area contributed by atoms with Crippen LogP contribution in [0.3, 0.4) is 0 Å². The fourth-order valence-electron chi connectivity index (χ4n) is 1.78. The Hall–Kier alpha value is -1.46. The molecule has 0 bridgehead atoms. The maximum Gasteiger partial charge on any atom is 0.240 e. The molecule has 0 saturated heterocycles. The van der Waals surface area contributed by atoms with Crippen LogP contribution in [0.15, 0.2) is 22.7 Å². The van der Waals surface area contributed by atoms with Crippen LogP contribution in [0.2, 0.25) is 5.02 Å². The first-order chi connectivity index (χ1) is 9.22. The minimum atomic E-state index is -0.458. The van der Waals surface area contributed by atoms with E-state index in [0.29, 0.717) is 23.8 Å². The SMILES string of the molecule is Fc1ccc(-c2noc(CNCC3CC3)n2)cc1Cl. The van der Waals surface area contributed by atoms with Crippen molar-refractivity contribution in [1.82, 2.24) is 15.5 Å². The third-order valence-corrected chi connectivity index (χ3v) is 3.34. The highest BCUT2D eigenvalue weighted by Crippen LogP contribution is 2.27. The summed E-state index contributed by atoms with van der Waals surface area (Å²) in [5.74, 6) is 1.29. The van der Waals surface area contributed by atoms with Gasteiger partial charge in [0.05, 0.1) is 11.6 Å². The highest BCUT2D eigenvalue weighted by atomic mass is 35.5. The lowest BCUT2D eigenvalue weighted by atomic mass is 10.2. The maximum atomic E-state index is 13.1. The lowest BCUT2D eigenvalue weighted by Crippen LogP contribution is -2.16. The Balaban J connectivity index is 1.67. The first-order valence-electron chi connectivity index (χ1n) is 6.21. The first-order valence-corrected chi connectivity index (χ1v) is 6.59. The Bertz CT molecular complexity index is 583. The van der Waals surface area contributed by atoms with E-state index in [9.17, 15) is 4.39 Å². The number of aromatic nitrogens is 2. The number of hydrogen-bond donors (Lipinski definition) is 1. The zero-order chi connectivity index (χ0) is 13.2. The van der Waals surface area contributed by atoms with Crippen LogP contribution in [0.4, 0.5) is 4.39 Å². The van der Waals surface area contributed by atoms with Gasteiger partial charge in [0.25, 0.3) is 0 Å². The van der Waals surface area contributed by atoms with Crippen LogP contribution in [0, 0.1) is 11.7 Å². The van der Waals surface area contributed by atoms with Crippen LogP contribution < -0.4 is 5.32 Å². The van der Waals surface area contributed by atoms with E-state index >= 15 is 0 Å². The molecule has 3 rings (SSSR count). The molecule has 0 atom stereocenters. The van der Waals surface area contributed by atoms with Crippen LogP contribution in [-0.4, -0.2) is 16.7 Å². The number of nitrogens with one attached hydrogen (secondary N) is 1. The van der Waals surface area contributed by atoms with Crippen molar-refractivity contribution in [3.8, 4) is 11.4 Å². The fourth-order valence-corrected chi connectivity index (χ4v) is 1.96. The summed E-state index contributed by atoms with van der Waals surface area (Å²) < 4.78 is 18.2. The quantitative estimate of drug-likeness (QED) is 0.915. The van der Waals surface area contributed by atoms with Crippen molar-refractivity contribution in [2.45, 2.75) is 19.4 Å². The largest absolute Gasteiger partial charge is 0.338 e. The number of benzene rings is 1. The molecule has 0 spiro atoms. The molecule has 1 aliphatic carbocycles. The second kappa shape index (κ2) is 5.27. The van der Waals surface area contributed by atoms with Crippen molar-refractivity contribution in [2.75, 3.05) is 6.54 Å². The van der Waals surface area contributed by atoms with E-state index in [0.717, 1.165) is 12.5 Å². The molecule has 1 N–H and O–H groups in total. The summed E-state index contributed by atoms with van der Waals surface area (Å²) in [6.07, 6.45) is 2.60. The van der Waals surface area contributed by atoms with Gasteiger partial charge in [0.1, 0.15) is 5.82 Å². The van der Waals surface area contributed by atoms with Gasteiger partial charge in [-0.15, -0.1) is 0 Å². The molecule has 1 heterocycles. The van der Waals surface area contributed by atoms with Gasteiger partial charge in [-0.1, -0.05) is 16.8 Å². The van der Waals surface area contributed by atoms with Gasteiger partial charge < -0.3 is 9.84 Å². The Morgan fingerprint density at radius 2 is 2.26 bits per heavy atom. The Morgan fingerprint density at radius 1 is 1.42 bits per heavy atom. The van der Waals surface area contributed by atoms with Gasteiger partial charge >= 0.3 is 0 Å². The van der Waals surface area contributed by atoms with E-state index in [1.165, 1.54) is 25.0 Å². The highest BCUT2D eigenvalue weighted by molar-refractivity contribution is 6.31. The minimum Gasteiger partial charge on any atom is -0.338 e. The van der Waals surface area contributed by atoms with E-state index in [4.69, 9.17) is 16.1 Å². The molecule has 1 fully saturated rings. The summed E-state index contributed by atoms with van der Waals surface area (Å²) in [7, 11) is 0. The van der Waals surface area contributed by atoms with E-state index < -0.39 is 5.82 Å². The number of nitrogens with zero attached hydrogens (tertiary/aromatic N) is 2. The van der Waals surface area contributed by atoms with E-state index in [-0.39, 0.29) is 5.02 Å². The summed E-state index contributed by atoms with van der Waals surface area (Å²) in [6, 6.07) is 4.36. The Morgan fingerprint density at radius 3 is 3.00 bits per heavy atom. The van der Waals surface area contributed by atoms with Crippen LogP contribution in [-0.2, 0) is 6.54 Å². The van der Waals surface area contributed by atoms with Gasteiger partial charge in [-0.25, -0.2) is 4.39 Å². The van der Waals surface area contributed by atoms with Crippen LogP contribution in [0.25, 0.3) is 11.4 Å². The van der Waals surface area contributed by atoms with Crippen LogP contribution in [0.1, 0.15) is 18.7 Å². The van der Waals surface area contributed by atoms with Crippen LogP contribution >= 0.6 is 11.6 Å². The molecule has 2 aromatic rings. The van der Waals surface area contributed by atoms with Crippen molar-refractivity contribution in [3.05, 3.63) is 34.9 Å². The zero-order valence-electron chi connectivity index (χ0n) is 10.2. The van der Waals surface area contributed by atoms with Gasteiger partial charge in [-0.2, -0.15) is 4.98 Å². The van der Waals surface area contributed by atoms with Crippen LogP contribution in [0.5, 0.6) is 0 Å². The van der Waals surface area contributed by atoms with Crippen molar-refractivity contribution < 1.29 is 8.91 Å². The third kappa shape index (κ3) is 3.11. The molecular formula is C13H13ClFN3O. The van der Waals surface area contributed by atoms with Gasteiger partial charge in [-0.05, 0) is 43.5 Å². The zero-order valence-corrected chi connectivity index (χ0v) is 11.0. The van der Waals surface area contributed by atoms with E-state index in [1.807, 2.05) is 0 Å². The predicted octanol–water partition coefficient (Wildman–Crippen LogP) is 3.03. The number of rotatable bonds is 5. The molecule has 4 nitrogen and oxygen atoms in total. The number of hydrogen-bond acceptors (Lipinski definition) is 4. The molecule has 1 saturated carbocycles. The molecule has 0 amide bonds. The molecule has 1 aromatic heterocycles. The molecule has 0 aliphatic heterocycles. The summed E-state index contributed by atoms with van der Waals surface area (Å²) in [5, 5.41) is 7.18. The van der Waals surface area contributed by atoms with Crippen molar-refractivity contribution >= 4 is 11.6 Å². The summed E-state index contributed by atoms with van der Waals surface area (Å²) in [6.45, 7) is 1.54. The second-order valence-corrected chi connectivity index (χ2v) is 5.12. The maximum absolute atomic E-state index is 13.1. The third-order valence-electron chi connectivity index (χ3n) is 3.05. The molecule has 0 radical (unpaired) electrons. The molecule has 1 aliphatic rings. The van der Waals surface area contributed by atoms with Crippen molar-refractivity contribution in [2.24, 2.45) is 5.92 Å². The standard InChI is InChI=1S/C13H13ClFN3O/c14-10-5-9(3-4-11(10)15)13-17-12(19-18-13)7-16-6-8-1-2-8/h3-5,8,16H,1-2,6-7H2. The summed E-state index contributed by atoms with van der Waals surface area (Å²) in [4.78, 5) is 4.25. The highest BCUT2D eigenvalue weighted by Gasteiger charge is 2.20. The average molecular weight is 282 g/mol. The smallest absolute Gasteiger partial charge is 0.240 e. The molecule has 6 heteroatoms. The molecule has 100 valence electrons. The minimum absolute atomic E-state index is 0.0516. The van der Waals surface area contributed by atoms with Crippen molar-refractivity contribution in [3.63, 3.8) is 0 Å². The second-order valence-electron chi connectivity index (χ2n) is 4.71. The van der Waals surface area contributed by atoms with E-state index in [2.05, 4.69) is 15.5 Å². The molecular weight excluding hydrogens is 269 g/mol. The normalized spacial score (nSPS) is 14.8. The van der Waals surface area contributed by atoms with Gasteiger partial charge in [-0.3, -0.25) is 0 Å². The monoisotopic (exact) mass is 281 g/mol. The molecule has 19 heavy (non-hydrogen) atoms. The summed E-state index contributed by atoms with van der Waals surface area (Å²) >= 11 is 5.72. The molecule has 1 aromatic carbocycles. The fraction of sp³-hybridized carbons (Fsp3) is 0.385. The summed E-state index contributed by atoms with van der Waals surface area (Å²) in [5.41, 5.74) is 0.642. The topological polar surface area (TPSA) is 51.0 Å². The van der Waals surface area contributed by atoms with E-state index in [1.54, 1.807) is 6.07 Å². The molecule has 0 unspecified atom stereocenters. The Kier molecular flexibility index (Phi) is 3.48. The lowest BCUT2D eigenvalue weighted by molar-refractivity contribution is 0.367. The first kappa shape index (κ1) is 12.6. The lowest BCUT2D eigenvalue weighted by Gasteiger charge is -1.98. The predicted molar refractivity (Wildman–Crippen MR) is 69.1 cm³/mol. The van der Waals surface area contributed by atoms with Gasteiger partial charge in [0, 0.05) is 5.56 Å². The average Bonchev–Trinajstić information content (AvgIpc) is 3.10. The van der Waals surface area contributed by atoms with Gasteiger partial charge in [0.15, 0.2) is 0 Å². The Labute approximate surface area is 115 Å². The van der Waals surface area contributed by atoms with Gasteiger partial charge in [0.2, 0.25) is 11.7 Å². The number of halogens is 2.